The molecule has 30 heavy (non-hydrogen) atoms. The van der Waals surface area contributed by atoms with E-state index in [-0.39, 0.29) is 11.9 Å². The molecule has 0 radical (unpaired) electrons. The van der Waals surface area contributed by atoms with Crippen LogP contribution in [0.5, 0.6) is 17.2 Å². The summed E-state index contributed by atoms with van der Waals surface area (Å²) in [6, 6.07) is 11.7. The van der Waals surface area contributed by atoms with Crippen molar-refractivity contribution in [1.29, 1.82) is 0 Å². The van der Waals surface area contributed by atoms with Crippen molar-refractivity contribution >= 4 is 5.91 Å². The van der Waals surface area contributed by atoms with E-state index in [1.807, 2.05) is 30.3 Å². The molecule has 160 valence electrons. The first-order chi connectivity index (χ1) is 14.6. The summed E-state index contributed by atoms with van der Waals surface area (Å²) in [5, 5.41) is 0. The highest BCUT2D eigenvalue weighted by Gasteiger charge is 2.37. The van der Waals surface area contributed by atoms with Gasteiger partial charge in [0.25, 0.3) is 5.91 Å². The summed E-state index contributed by atoms with van der Waals surface area (Å²) in [6.45, 7) is 0.564. The summed E-state index contributed by atoms with van der Waals surface area (Å²) in [5.41, 5.74) is 3.03. The number of hydrogen-bond donors (Lipinski definition) is 0. The number of carbonyl (C=O) groups excluding carboxylic acids is 1. The van der Waals surface area contributed by atoms with Crippen LogP contribution in [0.4, 0.5) is 0 Å². The van der Waals surface area contributed by atoms with E-state index < -0.39 is 0 Å². The van der Waals surface area contributed by atoms with E-state index in [0.717, 1.165) is 29.2 Å². The van der Waals surface area contributed by atoms with Gasteiger partial charge in [-0.15, -0.1) is 0 Å². The van der Waals surface area contributed by atoms with Gasteiger partial charge in [0, 0.05) is 23.2 Å². The molecule has 0 aromatic heterocycles. The molecular weight excluding hydrogens is 378 g/mol. The van der Waals surface area contributed by atoms with E-state index in [1.165, 1.54) is 37.7 Å². The molecule has 5 heteroatoms. The third-order valence-corrected chi connectivity index (χ3v) is 6.68. The van der Waals surface area contributed by atoms with E-state index in [1.54, 1.807) is 21.3 Å². The zero-order valence-corrected chi connectivity index (χ0v) is 18.1. The van der Waals surface area contributed by atoms with Crippen LogP contribution in [0.25, 0.3) is 0 Å². The minimum atomic E-state index is 0.0803. The Labute approximate surface area is 178 Å². The Bertz CT molecular complexity index is 887. The molecule has 5 nitrogen and oxygen atoms in total. The monoisotopic (exact) mass is 409 g/mol. The lowest BCUT2D eigenvalue weighted by molar-refractivity contribution is 0.0511. The van der Waals surface area contributed by atoms with Crippen LogP contribution in [0.3, 0.4) is 0 Å². The highest BCUT2D eigenvalue weighted by Crippen LogP contribution is 2.40. The molecule has 2 aromatic rings. The number of fused-ring (bicyclic) bond motifs is 1. The molecular formula is C25H31NO4. The van der Waals surface area contributed by atoms with E-state index in [2.05, 4.69) is 11.0 Å². The fourth-order valence-corrected chi connectivity index (χ4v) is 5.02. The van der Waals surface area contributed by atoms with Crippen molar-refractivity contribution < 1.29 is 19.0 Å². The summed E-state index contributed by atoms with van der Waals surface area (Å²) >= 11 is 0. The van der Waals surface area contributed by atoms with E-state index >= 15 is 0 Å². The van der Waals surface area contributed by atoms with E-state index in [4.69, 9.17) is 14.2 Å². The van der Waals surface area contributed by atoms with Crippen LogP contribution in [0, 0.1) is 5.92 Å². The summed E-state index contributed by atoms with van der Waals surface area (Å²) in [7, 11) is 5.00. The minimum absolute atomic E-state index is 0.0803. The molecule has 1 aliphatic carbocycles. The number of carbonyl (C=O) groups is 1. The molecule has 1 saturated carbocycles. The van der Waals surface area contributed by atoms with Crippen LogP contribution in [0.2, 0.25) is 0 Å². The smallest absolute Gasteiger partial charge is 0.254 e. The van der Waals surface area contributed by atoms with Gasteiger partial charge in [-0.2, -0.15) is 0 Å². The Morgan fingerprint density at radius 2 is 1.60 bits per heavy atom. The average Bonchev–Trinajstić information content (AvgIpc) is 2.82. The van der Waals surface area contributed by atoms with Crippen LogP contribution in [-0.4, -0.2) is 38.2 Å². The van der Waals surface area contributed by atoms with Gasteiger partial charge in [-0.1, -0.05) is 19.3 Å². The highest BCUT2D eigenvalue weighted by molar-refractivity contribution is 5.94. The lowest BCUT2D eigenvalue weighted by atomic mass is 9.78. The molecule has 1 aliphatic heterocycles. The Morgan fingerprint density at radius 3 is 2.23 bits per heavy atom. The van der Waals surface area contributed by atoms with Gasteiger partial charge in [0.2, 0.25) is 0 Å². The number of methoxy groups -OCH3 is 3. The van der Waals surface area contributed by atoms with Gasteiger partial charge >= 0.3 is 0 Å². The molecule has 1 amide bonds. The van der Waals surface area contributed by atoms with Crippen LogP contribution in [0.1, 0.15) is 53.6 Å². The molecule has 0 bridgehead atoms. The molecule has 1 fully saturated rings. The third-order valence-electron chi connectivity index (χ3n) is 6.68. The van der Waals surface area contributed by atoms with Crippen molar-refractivity contribution in [3.63, 3.8) is 0 Å². The van der Waals surface area contributed by atoms with Crippen LogP contribution >= 0.6 is 0 Å². The van der Waals surface area contributed by atoms with Crippen molar-refractivity contribution in [3.8, 4) is 17.2 Å². The second-order valence-corrected chi connectivity index (χ2v) is 8.30. The van der Waals surface area contributed by atoms with Crippen molar-refractivity contribution in [2.24, 2.45) is 5.92 Å². The quantitative estimate of drug-likeness (QED) is 0.708. The third kappa shape index (κ3) is 3.98. The van der Waals surface area contributed by atoms with Crippen LogP contribution in [0.15, 0.2) is 36.4 Å². The van der Waals surface area contributed by atoms with E-state index in [0.29, 0.717) is 18.0 Å². The molecule has 1 heterocycles. The fourth-order valence-electron chi connectivity index (χ4n) is 5.02. The first-order valence-corrected chi connectivity index (χ1v) is 10.8. The zero-order chi connectivity index (χ0) is 21.1. The van der Waals surface area contributed by atoms with Crippen molar-refractivity contribution in [2.45, 2.75) is 51.1 Å². The molecule has 0 N–H and O–H groups in total. The second-order valence-electron chi connectivity index (χ2n) is 8.30. The number of ether oxygens (including phenoxy) is 3. The number of amides is 1. The fraction of sp³-hybridized carbons (Fsp3) is 0.480. The zero-order valence-electron chi connectivity index (χ0n) is 18.1. The number of hydrogen-bond acceptors (Lipinski definition) is 4. The molecule has 0 saturated heterocycles. The van der Waals surface area contributed by atoms with Gasteiger partial charge < -0.3 is 19.1 Å². The Hall–Kier alpha value is -2.69. The van der Waals surface area contributed by atoms with E-state index in [9.17, 15) is 4.79 Å². The first kappa shape index (κ1) is 20.6. The van der Waals surface area contributed by atoms with Crippen molar-refractivity contribution in [1.82, 2.24) is 4.90 Å². The molecule has 4 rings (SSSR count). The standard InChI is InChI=1S/C25H31NO4/c1-28-20-11-9-18(10-12-20)25(27)26-16-22-19(13-21(29-2)15-24(22)30-3)14-23(26)17-7-5-4-6-8-17/h9-13,15,17,23H,4-8,14,16H2,1-3H3. The van der Waals surface area contributed by atoms with Gasteiger partial charge in [0.15, 0.2) is 0 Å². The molecule has 1 atom stereocenters. The van der Waals surface area contributed by atoms with Gasteiger partial charge in [-0.25, -0.2) is 0 Å². The number of nitrogens with zero attached hydrogens (tertiary/aromatic N) is 1. The minimum Gasteiger partial charge on any atom is -0.497 e. The molecule has 1 unspecified atom stereocenters. The van der Waals surface area contributed by atoms with Gasteiger partial charge in [0.05, 0.1) is 27.9 Å². The normalized spacial score (nSPS) is 19.2. The molecule has 2 aliphatic rings. The maximum atomic E-state index is 13.6. The predicted octanol–water partition coefficient (Wildman–Crippen LogP) is 4.86. The van der Waals surface area contributed by atoms with Crippen LogP contribution < -0.4 is 14.2 Å². The van der Waals surface area contributed by atoms with Gasteiger partial charge in [-0.05, 0) is 61.1 Å². The van der Waals surface area contributed by atoms with Gasteiger partial charge in [0.1, 0.15) is 17.2 Å². The summed E-state index contributed by atoms with van der Waals surface area (Å²) < 4.78 is 16.4. The Morgan fingerprint density at radius 1 is 0.900 bits per heavy atom. The molecule has 0 spiro atoms. The summed E-state index contributed by atoms with van der Waals surface area (Å²) in [6.07, 6.45) is 7.02. The maximum absolute atomic E-state index is 13.6. The SMILES string of the molecule is COc1ccc(C(=O)N2Cc3c(cc(OC)cc3OC)CC2C2CCCCC2)cc1. The lowest BCUT2D eigenvalue weighted by Crippen LogP contribution is -2.48. The van der Waals surface area contributed by atoms with Crippen LogP contribution in [-0.2, 0) is 13.0 Å². The van der Waals surface area contributed by atoms with Gasteiger partial charge in [-0.3, -0.25) is 4.79 Å². The topological polar surface area (TPSA) is 48.0 Å². The lowest BCUT2D eigenvalue weighted by Gasteiger charge is -2.43. The Kier molecular flexibility index (Phi) is 6.16. The largest absolute Gasteiger partial charge is 0.497 e. The maximum Gasteiger partial charge on any atom is 0.254 e. The number of benzene rings is 2. The first-order valence-electron chi connectivity index (χ1n) is 10.8. The predicted molar refractivity (Wildman–Crippen MR) is 116 cm³/mol. The van der Waals surface area contributed by atoms with Crippen molar-refractivity contribution in [2.75, 3.05) is 21.3 Å². The second kappa shape index (κ2) is 8.99. The van der Waals surface area contributed by atoms with Crippen molar-refractivity contribution in [3.05, 3.63) is 53.1 Å². The average molecular weight is 410 g/mol. The molecule has 2 aromatic carbocycles. The number of rotatable bonds is 5. The summed E-state index contributed by atoms with van der Waals surface area (Å²) in [4.78, 5) is 15.7. The summed E-state index contributed by atoms with van der Waals surface area (Å²) in [5.74, 6) is 2.97. The Balaban J connectivity index is 1.71. The highest BCUT2D eigenvalue weighted by atomic mass is 16.5.